The second-order valence-corrected chi connectivity index (χ2v) is 9.95. The van der Waals surface area contributed by atoms with E-state index in [2.05, 4.69) is 46.6 Å². The lowest BCUT2D eigenvalue weighted by atomic mass is 9.96. The first-order valence-electron chi connectivity index (χ1n) is 12.0. The number of halogens is 1. The molecule has 1 aliphatic rings. The predicted octanol–water partition coefficient (Wildman–Crippen LogP) is 6.65. The van der Waals surface area contributed by atoms with Crippen molar-refractivity contribution in [3.63, 3.8) is 0 Å². The molecule has 0 radical (unpaired) electrons. The molecule has 1 N–H and O–H groups in total. The number of aryl methyl sites for hydroxylation is 2. The Labute approximate surface area is 227 Å². The second-order valence-electron chi connectivity index (χ2n) is 9.13. The van der Waals surface area contributed by atoms with Crippen molar-refractivity contribution in [2.75, 3.05) is 19.1 Å². The van der Waals surface area contributed by atoms with Crippen molar-refractivity contribution in [2.24, 2.45) is 0 Å². The van der Waals surface area contributed by atoms with E-state index in [4.69, 9.17) is 33.3 Å². The fourth-order valence-corrected chi connectivity index (χ4v) is 5.70. The van der Waals surface area contributed by atoms with Gasteiger partial charge in [-0.15, -0.1) is 0 Å². The quantitative estimate of drug-likeness (QED) is 0.281. The average Bonchev–Trinajstić information content (AvgIpc) is 3.40. The Bertz CT molecular complexity index is 1470. The fourth-order valence-electron chi connectivity index (χ4n) is 5.20. The van der Waals surface area contributed by atoms with Gasteiger partial charge in [-0.25, -0.2) is 0 Å². The highest BCUT2D eigenvalue weighted by molar-refractivity contribution is 7.80. The molecule has 5 rings (SSSR count). The first kappa shape index (κ1) is 25.1. The Kier molecular flexibility index (Phi) is 6.84. The lowest BCUT2D eigenvalue weighted by Gasteiger charge is -2.29. The Morgan fingerprint density at radius 2 is 1.76 bits per heavy atom. The summed E-state index contributed by atoms with van der Waals surface area (Å²) >= 11 is 12.4. The summed E-state index contributed by atoms with van der Waals surface area (Å²) in [7, 11) is 3.32. The Hall–Kier alpha value is -3.55. The highest BCUT2D eigenvalue weighted by atomic mass is 35.5. The van der Waals surface area contributed by atoms with Crippen molar-refractivity contribution in [3.8, 4) is 17.2 Å². The second kappa shape index (κ2) is 10.1. The summed E-state index contributed by atoms with van der Waals surface area (Å²) in [6, 6.07) is 19.5. The Morgan fingerprint density at radius 1 is 0.946 bits per heavy atom. The number of ether oxygens (including phenoxy) is 2. The Balaban J connectivity index is 1.73. The molecular weight excluding hydrogens is 504 g/mol. The summed E-state index contributed by atoms with van der Waals surface area (Å²) in [5.41, 5.74) is 7.27. The fraction of sp³-hybridized carbons (Fsp3) is 0.241. The van der Waals surface area contributed by atoms with Crippen molar-refractivity contribution < 1.29 is 9.47 Å². The van der Waals surface area contributed by atoms with Crippen LogP contribution in [0.15, 0.2) is 66.9 Å². The zero-order valence-electron chi connectivity index (χ0n) is 21.4. The standard InChI is InChI=1S/C29H29ClN4O2S/c1-17-9-10-20(30)15-24(17)33-18(2)14-22(19(33)3)28-27(23-8-6-7-13-31-23)32-29(37)34(28)25-16-21(35-4)11-12-26(25)36-5/h6-16,27-28H,1-5H3,(H,32,37). The number of aromatic nitrogens is 2. The van der Waals surface area contributed by atoms with E-state index in [-0.39, 0.29) is 12.1 Å². The maximum absolute atomic E-state index is 6.41. The molecule has 2 unspecified atom stereocenters. The number of nitrogens with zero attached hydrogens (tertiary/aromatic N) is 3. The molecule has 3 heterocycles. The number of nitrogens with one attached hydrogen (secondary N) is 1. The van der Waals surface area contributed by atoms with Crippen LogP contribution < -0.4 is 19.7 Å². The topological polar surface area (TPSA) is 51.6 Å². The number of rotatable bonds is 6. The van der Waals surface area contributed by atoms with Crippen LogP contribution in [0.5, 0.6) is 11.5 Å². The molecule has 2 atom stereocenters. The van der Waals surface area contributed by atoms with Gasteiger partial charge in [0.05, 0.1) is 37.7 Å². The summed E-state index contributed by atoms with van der Waals surface area (Å²) in [5, 5.41) is 4.84. The van der Waals surface area contributed by atoms with Crippen molar-refractivity contribution in [1.82, 2.24) is 14.9 Å². The molecule has 4 aromatic rings. The summed E-state index contributed by atoms with van der Waals surface area (Å²) < 4.78 is 13.6. The van der Waals surface area contributed by atoms with Gasteiger partial charge in [0.15, 0.2) is 5.11 Å². The maximum Gasteiger partial charge on any atom is 0.174 e. The Morgan fingerprint density at radius 3 is 2.46 bits per heavy atom. The number of methoxy groups -OCH3 is 2. The zero-order valence-corrected chi connectivity index (χ0v) is 23.0. The normalized spacial score (nSPS) is 17.1. The molecule has 190 valence electrons. The molecule has 1 aliphatic heterocycles. The van der Waals surface area contributed by atoms with Gasteiger partial charge < -0.3 is 24.3 Å². The molecular formula is C29H29ClN4O2S. The van der Waals surface area contributed by atoms with Crippen LogP contribution in [0.3, 0.4) is 0 Å². The van der Waals surface area contributed by atoms with Gasteiger partial charge in [-0.05, 0) is 86.6 Å². The molecule has 0 bridgehead atoms. The van der Waals surface area contributed by atoms with Gasteiger partial charge in [-0.2, -0.15) is 0 Å². The molecule has 37 heavy (non-hydrogen) atoms. The predicted molar refractivity (Wildman–Crippen MR) is 152 cm³/mol. The molecule has 1 fully saturated rings. The van der Waals surface area contributed by atoms with Gasteiger partial charge in [0, 0.05) is 34.4 Å². The summed E-state index contributed by atoms with van der Waals surface area (Å²) in [6.45, 7) is 6.35. The first-order chi connectivity index (χ1) is 17.8. The third-order valence-corrected chi connectivity index (χ3v) is 7.49. The monoisotopic (exact) mass is 532 g/mol. The average molecular weight is 533 g/mol. The van der Waals surface area contributed by atoms with Gasteiger partial charge in [0.1, 0.15) is 11.5 Å². The van der Waals surface area contributed by atoms with E-state index in [1.807, 2.05) is 60.8 Å². The van der Waals surface area contributed by atoms with Crippen LogP contribution >= 0.6 is 23.8 Å². The highest BCUT2D eigenvalue weighted by Crippen LogP contribution is 2.47. The van der Waals surface area contributed by atoms with Crippen LogP contribution in [-0.2, 0) is 0 Å². The van der Waals surface area contributed by atoms with Crippen LogP contribution in [0.1, 0.15) is 40.3 Å². The molecule has 0 aliphatic carbocycles. The lowest BCUT2D eigenvalue weighted by molar-refractivity contribution is 0.403. The molecule has 2 aromatic heterocycles. The van der Waals surface area contributed by atoms with E-state index < -0.39 is 0 Å². The molecule has 0 amide bonds. The van der Waals surface area contributed by atoms with Crippen LogP contribution in [0.2, 0.25) is 5.02 Å². The molecule has 0 saturated carbocycles. The SMILES string of the molecule is COc1ccc(OC)c(N2C(=S)NC(c3ccccn3)C2c2cc(C)n(-c3cc(Cl)ccc3C)c2C)c1. The van der Waals surface area contributed by atoms with Crippen molar-refractivity contribution in [3.05, 3.63) is 100 Å². The van der Waals surface area contributed by atoms with Gasteiger partial charge in [0.2, 0.25) is 0 Å². The number of anilines is 1. The molecule has 6 nitrogen and oxygen atoms in total. The van der Waals surface area contributed by atoms with Crippen LogP contribution in [0, 0.1) is 20.8 Å². The number of hydrogen-bond donors (Lipinski definition) is 1. The van der Waals surface area contributed by atoms with Gasteiger partial charge in [-0.1, -0.05) is 23.7 Å². The van der Waals surface area contributed by atoms with Gasteiger partial charge in [-0.3, -0.25) is 4.98 Å². The minimum absolute atomic E-state index is 0.181. The third-order valence-electron chi connectivity index (χ3n) is 6.94. The van der Waals surface area contributed by atoms with Crippen LogP contribution in [0.25, 0.3) is 5.69 Å². The van der Waals surface area contributed by atoms with Crippen molar-refractivity contribution >= 4 is 34.6 Å². The highest BCUT2D eigenvalue weighted by Gasteiger charge is 2.43. The minimum Gasteiger partial charge on any atom is -0.497 e. The maximum atomic E-state index is 6.41. The van der Waals surface area contributed by atoms with Crippen LogP contribution in [-0.4, -0.2) is 28.9 Å². The van der Waals surface area contributed by atoms with Crippen molar-refractivity contribution in [1.29, 1.82) is 0 Å². The van der Waals surface area contributed by atoms with E-state index in [9.17, 15) is 0 Å². The van der Waals surface area contributed by atoms with Gasteiger partial charge >= 0.3 is 0 Å². The number of pyridine rings is 1. The van der Waals surface area contributed by atoms with Crippen LogP contribution in [0.4, 0.5) is 5.69 Å². The van der Waals surface area contributed by atoms with E-state index >= 15 is 0 Å². The molecule has 8 heteroatoms. The van der Waals surface area contributed by atoms with E-state index in [0.29, 0.717) is 15.9 Å². The van der Waals surface area contributed by atoms with Crippen molar-refractivity contribution in [2.45, 2.75) is 32.9 Å². The number of hydrogen-bond acceptors (Lipinski definition) is 4. The van der Waals surface area contributed by atoms with E-state index in [0.717, 1.165) is 45.3 Å². The minimum atomic E-state index is -0.192. The largest absolute Gasteiger partial charge is 0.497 e. The zero-order chi connectivity index (χ0) is 26.3. The smallest absolute Gasteiger partial charge is 0.174 e. The van der Waals surface area contributed by atoms with E-state index in [1.165, 1.54) is 0 Å². The van der Waals surface area contributed by atoms with Gasteiger partial charge in [0.25, 0.3) is 0 Å². The first-order valence-corrected chi connectivity index (χ1v) is 12.8. The lowest BCUT2D eigenvalue weighted by Crippen LogP contribution is -2.30. The summed E-state index contributed by atoms with van der Waals surface area (Å²) in [5.74, 6) is 1.43. The third kappa shape index (κ3) is 4.43. The molecule has 1 saturated heterocycles. The number of thiocarbonyl (C=S) groups is 1. The molecule has 0 spiro atoms. The van der Waals surface area contributed by atoms with E-state index in [1.54, 1.807) is 14.2 Å². The summed E-state index contributed by atoms with van der Waals surface area (Å²) in [4.78, 5) is 6.81. The number of benzene rings is 2. The molecule has 2 aromatic carbocycles. The summed E-state index contributed by atoms with van der Waals surface area (Å²) in [6.07, 6.45) is 1.81.